The first-order chi connectivity index (χ1) is 6.61. The maximum absolute atomic E-state index is 11.7. The van der Waals surface area contributed by atoms with E-state index in [2.05, 4.69) is 27.8 Å². The van der Waals surface area contributed by atoms with E-state index in [9.17, 15) is 4.79 Å². The van der Waals surface area contributed by atoms with Crippen LogP contribution in [0.2, 0.25) is 0 Å². The molecule has 0 aromatic heterocycles. The van der Waals surface area contributed by atoms with Gasteiger partial charge >= 0.3 is 0 Å². The van der Waals surface area contributed by atoms with Crippen molar-refractivity contribution >= 4 is 21.8 Å². The van der Waals surface area contributed by atoms with Gasteiger partial charge in [-0.3, -0.25) is 4.79 Å². The van der Waals surface area contributed by atoms with Crippen LogP contribution in [0.4, 0.5) is 0 Å². The summed E-state index contributed by atoms with van der Waals surface area (Å²) in [4.78, 5) is 11.7. The minimum atomic E-state index is -0.00407. The van der Waals surface area contributed by atoms with Gasteiger partial charge in [0.1, 0.15) is 0 Å². The van der Waals surface area contributed by atoms with Crippen molar-refractivity contribution in [3.05, 3.63) is 11.1 Å². The Labute approximate surface area is 93.2 Å². The number of hydrogen-bond acceptors (Lipinski definition) is 2. The number of hydrogen-bond donors (Lipinski definition) is 2. The van der Waals surface area contributed by atoms with Crippen molar-refractivity contribution in [3.63, 3.8) is 0 Å². The van der Waals surface area contributed by atoms with Crippen LogP contribution in [0.25, 0.3) is 0 Å². The maximum atomic E-state index is 11.7. The molecule has 0 bridgehead atoms. The molecule has 0 spiro atoms. The van der Waals surface area contributed by atoms with Gasteiger partial charge in [0.15, 0.2) is 0 Å². The van der Waals surface area contributed by atoms with Gasteiger partial charge < -0.3 is 11.1 Å². The fourth-order valence-corrected chi connectivity index (χ4v) is 1.94. The van der Waals surface area contributed by atoms with Crippen LogP contribution in [0.5, 0.6) is 0 Å². The maximum Gasteiger partial charge on any atom is 0.224 e. The second-order valence-electron chi connectivity index (χ2n) is 3.79. The lowest BCUT2D eigenvalue weighted by atomic mass is 9.84. The molecule has 1 fully saturated rings. The average Bonchev–Trinajstić information content (AvgIpc) is 2.15. The third-order valence-electron chi connectivity index (χ3n) is 2.61. The van der Waals surface area contributed by atoms with E-state index in [0.29, 0.717) is 6.54 Å². The molecule has 80 valence electrons. The Hall–Kier alpha value is -0.350. The quantitative estimate of drug-likeness (QED) is 0.809. The van der Waals surface area contributed by atoms with Crippen LogP contribution in [0.1, 0.15) is 25.7 Å². The van der Waals surface area contributed by atoms with Crippen LogP contribution in [0, 0.1) is 5.92 Å². The lowest BCUT2D eigenvalue weighted by Crippen LogP contribution is -2.43. The van der Waals surface area contributed by atoms with Crippen LogP contribution in [0.3, 0.4) is 0 Å². The number of amides is 1. The van der Waals surface area contributed by atoms with E-state index in [4.69, 9.17) is 5.73 Å². The fraction of sp³-hybridized carbons (Fsp3) is 0.700. The lowest BCUT2D eigenvalue weighted by Gasteiger charge is -2.27. The van der Waals surface area contributed by atoms with Crippen molar-refractivity contribution in [2.75, 3.05) is 6.54 Å². The Balaban J connectivity index is 2.38. The molecule has 14 heavy (non-hydrogen) atoms. The summed E-state index contributed by atoms with van der Waals surface area (Å²) in [6.07, 6.45) is 4.15. The van der Waals surface area contributed by atoms with Crippen molar-refractivity contribution in [2.24, 2.45) is 11.7 Å². The highest BCUT2D eigenvalue weighted by Crippen LogP contribution is 2.22. The second kappa shape index (κ2) is 5.51. The minimum Gasteiger partial charge on any atom is -0.351 e. The summed E-state index contributed by atoms with van der Waals surface area (Å²) < 4.78 is 0.787. The monoisotopic (exact) mass is 260 g/mol. The minimum absolute atomic E-state index is 0.00407. The summed E-state index contributed by atoms with van der Waals surface area (Å²) in [7, 11) is 0. The molecule has 2 unspecified atom stereocenters. The molecule has 1 saturated carbocycles. The van der Waals surface area contributed by atoms with Gasteiger partial charge in [0.2, 0.25) is 5.91 Å². The van der Waals surface area contributed by atoms with Gasteiger partial charge in [-0.05, 0) is 12.8 Å². The zero-order chi connectivity index (χ0) is 10.6. The smallest absolute Gasteiger partial charge is 0.224 e. The van der Waals surface area contributed by atoms with E-state index >= 15 is 0 Å². The molecule has 1 amide bonds. The standard InChI is InChI=1S/C10H17BrN2O/c1-7(11)6-13-10(14)8-4-2-3-5-9(8)12/h8-9H,1-6,12H2,(H,13,14). The first kappa shape index (κ1) is 11.7. The normalized spacial score (nSPS) is 27.0. The Bertz CT molecular complexity index is 230. The van der Waals surface area contributed by atoms with Crippen LogP contribution < -0.4 is 11.1 Å². The summed E-state index contributed by atoms with van der Waals surface area (Å²) in [5, 5.41) is 2.82. The summed E-state index contributed by atoms with van der Waals surface area (Å²) in [6, 6.07) is 0.0346. The number of nitrogens with one attached hydrogen (secondary N) is 1. The molecule has 1 aliphatic rings. The van der Waals surface area contributed by atoms with E-state index < -0.39 is 0 Å². The topological polar surface area (TPSA) is 55.1 Å². The molecule has 0 aliphatic heterocycles. The molecular weight excluding hydrogens is 244 g/mol. The molecule has 0 heterocycles. The summed E-state index contributed by atoms with van der Waals surface area (Å²) in [5.41, 5.74) is 5.89. The van der Waals surface area contributed by atoms with Gasteiger partial charge in [-0.1, -0.05) is 35.4 Å². The molecular formula is C10H17BrN2O. The van der Waals surface area contributed by atoms with Crippen LogP contribution in [0.15, 0.2) is 11.1 Å². The highest BCUT2D eigenvalue weighted by atomic mass is 79.9. The highest BCUT2D eigenvalue weighted by molar-refractivity contribution is 9.11. The van der Waals surface area contributed by atoms with E-state index in [1.165, 1.54) is 0 Å². The highest BCUT2D eigenvalue weighted by Gasteiger charge is 2.27. The van der Waals surface area contributed by atoms with Crippen LogP contribution >= 0.6 is 15.9 Å². The Kier molecular flexibility index (Phi) is 4.62. The van der Waals surface area contributed by atoms with Crippen molar-refractivity contribution in [3.8, 4) is 0 Å². The third kappa shape index (κ3) is 3.42. The van der Waals surface area contributed by atoms with E-state index in [1.54, 1.807) is 0 Å². The van der Waals surface area contributed by atoms with Crippen LogP contribution in [-0.2, 0) is 4.79 Å². The van der Waals surface area contributed by atoms with Crippen molar-refractivity contribution in [1.82, 2.24) is 5.32 Å². The average molecular weight is 261 g/mol. The van der Waals surface area contributed by atoms with Crippen molar-refractivity contribution < 1.29 is 4.79 Å². The number of halogens is 1. The predicted molar refractivity (Wildman–Crippen MR) is 61.0 cm³/mol. The molecule has 2 atom stereocenters. The third-order valence-corrected chi connectivity index (χ3v) is 2.89. The number of carbonyl (C=O) groups is 1. The Morgan fingerprint density at radius 1 is 1.50 bits per heavy atom. The van der Waals surface area contributed by atoms with Gasteiger partial charge in [0, 0.05) is 17.1 Å². The van der Waals surface area contributed by atoms with Gasteiger partial charge in [-0.2, -0.15) is 0 Å². The van der Waals surface area contributed by atoms with Gasteiger partial charge in [0.25, 0.3) is 0 Å². The lowest BCUT2D eigenvalue weighted by molar-refractivity contribution is -0.126. The summed E-state index contributed by atoms with van der Waals surface area (Å²) >= 11 is 3.20. The number of carbonyl (C=O) groups excluding carboxylic acids is 1. The van der Waals surface area contributed by atoms with Crippen molar-refractivity contribution in [1.29, 1.82) is 0 Å². The zero-order valence-corrected chi connectivity index (χ0v) is 9.85. The molecule has 0 saturated heterocycles. The first-order valence-electron chi connectivity index (χ1n) is 4.98. The molecule has 3 nitrogen and oxygen atoms in total. The van der Waals surface area contributed by atoms with E-state index in [1.807, 2.05) is 0 Å². The second-order valence-corrected chi connectivity index (χ2v) is 4.91. The van der Waals surface area contributed by atoms with Crippen LogP contribution in [-0.4, -0.2) is 18.5 Å². The van der Waals surface area contributed by atoms with Gasteiger partial charge in [-0.25, -0.2) is 0 Å². The summed E-state index contributed by atoms with van der Waals surface area (Å²) in [6.45, 7) is 4.15. The zero-order valence-electron chi connectivity index (χ0n) is 8.26. The molecule has 0 aromatic carbocycles. The molecule has 1 rings (SSSR count). The van der Waals surface area contributed by atoms with E-state index in [-0.39, 0.29) is 17.9 Å². The van der Waals surface area contributed by atoms with Gasteiger partial charge in [0.05, 0.1) is 5.92 Å². The molecule has 0 aromatic rings. The number of rotatable bonds is 3. The summed E-state index contributed by atoms with van der Waals surface area (Å²) in [5.74, 6) is 0.0633. The molecule has 4 heteroatoms. The molecule has 3 N–H and O–H groups in total. The Morgan fingerprint density at radius 2 is 2.14 bits per heavy atom. The molecule has 0 radical (unpaired) electrons. The van der Waals surface area contributed by atoms with Gasteiger partial charge in [-0.15, -0.1) is 0 Å². The number of nitrogens with two attached hydrogens (primary N) is 1. The predicted octanol–water partition coefficient (Wildman–Crippen LogP) is 1.53. The molecule has 1 aliphatic carbocycles. The SMILES string of the molecule is C=C(Br)CNC(=O)C1CCCCC1N. The van der Waals surface area contributed by atoms with E-state index in [0.717, 1.165) is 30.2 Å². The van der Waals surface area contributed by atoms with Crippen molar-refractivity contribution in [2.45, 2.75) is 31.7 Å². The Morgan fingerprint density at radius 3 is 2.71 bits per heavy atom. The largest absolute Gasteiger partial charge is 0.351 e. The fourth-order valence-electron chi connectivity index (χ4n) is 1.80. The first-order valence-corrected chi connectivity index (χ1v) is 5.77.